The highest BCUT2D eigenvalue weighted by molar-refractivity contribution is 6.09. The van der Waals surface area contributed by atoms with Crippen molar-refractivity contribution in [3.63, 3.8) is 0 Å². The maximum absolute atomic E-state index is 11.8. The van der Waals surface area contributed by atoms with Gasteiger partial charge in [-0.05, 0) is 11.6 Å². The third-order valence-electron chi connectivity index (χ3n) is 2.37. The van der Waals surface area contributed by atoms with Crippen LogP contribution in [0.3, 0.4) is 0 Å². The minimum absolute atomic E-state index is 0.248. The summed E-state index contributed by atoms with van der Waals surface area (Å²) in [5.41, 5.74) is 1.28. The predicted octanol–water partition coefficient (Wildman–Crippen LogP) is 3.47. The summed E-state index contributed by atoms with van der Waals surface area (Å²) in [4.78, 5) is 11.8. The molecule has 0 spiro atoms. The zero-order valence-electron chi connectivity index (χ0n) is 9.21. The van der Waals surface area contributed by atoms with Crippen molar-refractivity contribution < 1.29 is 9.90 Å². The van der Waals surface area contributed by atoms with Gasteiger partial charge in [0.15, 0.2) is 5.76 Å². The lowest BCUT2D eigenvalue weighted by Gasteiger charge is -2.00. The van der Waals surface area contributed by atoms with Crippen molar-refractivity contribution in [2.24, 2.45) is 0 Å². The van der Waals surface area contributed by atoms with Gasteiger partial charge in [0.05, 0.1) is 0 Å². The van der Waals surface area contributed by atoms with E-state index in [0.29, 0.717) is 5.56 Å². The lowest BCUT2D eigenvalue weighted by molar-refractivity contribution is 0.0980. The monoisotopic (exact) mass is 224 g/mol. The van der Waals surface area contributed by atoms with Gasteiger partial charge in [-0.15, -0.1) is 0 Å². The van der Waals surface area contributed by atoms with Crippen molar-refractivity contribution >= 4 is 11.9 Å². The molecule has 0 unspecified atom stereocenters. The van der Waals surface area contributed by atoms with Gasteiger partial charge in [0.2, 0.25) is 5.78 Å². The van der Waals surface area contributed by atoms with Gasteiger partial charge in [0.1, 0.15) is 0 Å². The van der Waals surface area contributed by atoms with Gasteiger partial charge in [-0.1, -0.05) is 60.7 Å². The third-order valence-corrected chi connectivity index (χ3v) is 2.37. The van der Waals surface area contributed by atoms with E-state index in [2.05, 4.69) is 0 Å². The molecule has 0 bridgehead atoms. The maximum atomic E-state index is 11.8. The van der Waals surface area contributed by atoms with Crippen LogP contribution in [0, 0.1) is 0 Å². The number of rotatable bonds is 3. The smallest absolute Gasteiger partial charge is 0.227 e. The Morgan fingerprint density at radius 3 is 2.00 bits per heavy atom. The number of hydrogen-bond donors (Lipinski definition) is 1. The van der Waals surface area contributed by atoms with Crippen molar-refractivity contribution in [3.8, 4) is 0 Å². The molecular formula is C15H12O2. The zero-order valence-corrected chi connectivity index (χ0v) is 9.21. The summed E-state index contributed by atoms with van der Waals surface area (Å²) in [7, 11) is 0. The second-order valence-electron chi connectivity index (χ2n) is 3.64. The molecule has 2 aromatic carbocycles. The van der Waals surface area contributed by atoms with Crippen LogP contribution in [0.1, 0.15) is 15.9 Å². The molecule has 2 heteroatoms. The molecule has 0 fully saturated rings. The second-order valence-corrected chi connectivity index (χ2v) is 3.64. The Morgan fingerprint density at radius 2 is 1.41 bits per heavy atom. The van der Waals surface area contributed by atoms with Gasteiger partial charge in [0, 0.05) is 5.56 Å². The van der Waals surface area contributed by atoms with Crippen LogP contribution in [-0.2, 0) is 0 Å². The minimum atomic E-state index is -0.366. The molecule has 0 aliphatic carbocycles. The third kappa shape index (κ3) is 2.82. The summed E-state index contributed by atoms with van der Waals surface area (Å²) >= 11 is 0. The number of aliphatic hydroxyl groups is 1. The van der Waals surface area contributed by atoms with E-state index < -0.39 is 0 Å². The average Bonchev–Trinajstić information content (AvgIpc) is 2.40. The van der Waals surface area contributed by atoms with Crippen LogP contribution in [0.5, 0.6) is 0 Å². The van der Waals surface area contributed by atoms with Crippen LogP contribution in [0.15, 0.2) is 66.4 Å². The maximum Gasteiger partial charge on any atom is 0.227 e. The molecule has 0 heterocycles. The molecule has 0 amide bonds. The summed E-state index contributed by atoms with van der Waals surface area (Å²) in [6, 6.07) is 18.0. The first kappa shape index (κ1) is 11.1. The van der Waals surface area contributed by atoms with Gasteiger partial charge in [0.25, 0.3) is 0 Å². The number of carbonyl (C=O) groups excluding carboxylic acids is 1. The second kappa shape index (κ2) is 5.12. The van der Waals surface area contributed by atoms with E-state index in [4.69, 9.17) is 0 Å². The number of Topliss-reactive ketones (excluding diaryl/α,β-unsaturated/α-hetero) is 1. The standard InChI is InChI=1S/C15H12O2/c16-14(11-12-7-3-1-4-8-12)15(17)13-9-5-2-6-10-13/h1-11,16H. The van der Waals surface area contributed by atoms with E-state index in [9.17, 15) is 9.90 Å². The van der Waals surface area contributed by atoms with Gasteiger partial charge < -0.3 is 5.11 Å². The van der Waals surface area contributed by atoms with Gasteiger partial charge in [-0.3, -0.25) is 4.79 Å². The number of aliphatic hydroxyl groups excluding tert-OH is 1. The minimum Gasteiger partial charge on any atom is -0.504 e. The number of benzene rings is 2. The zero-order chi connectivity index (χ0) is 12.1. The molecule has 0 aliphatic rings. The Kier molecular flexibility index (Phi) is 3.36. The van der Waals surface area contributed by atoms with Crippen molar-refractivity contribution in [2.75, 3.05) is 0 Å². The summed E-state index contributed by atoms with van der Waals surface area (Å²) in [6.45, 7) is 0. The highest BCUT2D eigenvalue weighted by Gasteiger charge is 2.09. The summed E-state index contributed by atoms with van der Waals surface area (Å²) in [5, 5.41) is 9.74. The fourth-order valence-electron chi connectivity index (χ4n) is 1.51. The molecule has 2 aromatic rings. The van der Waals surface area contributed by atoms with E-state index in [1.165, 1.54) is 6.08 Å². The molecule has 84 valence electrons. The molecular weight excluding hydrogens is 212 g/mol. The Hall–Kier alpha value is -2.35. The van der Waals surface area contributed by atoms with Crippen molar-refractivity contribution in [1.82, 2.24) is 0 Å². The number of hydrogen-bond acceptors (Lipinski definition) is 2. The van der Waals surface area contributed by atoms with Crippen LogP contribution in [0.25, 0.3) is 6.08 Å². The molecule has 2 nitrogen and oxygen atoms in total. The first-order valence-electron chi connectivity index (χ1n) is 5.33. The lowest BCUT2D eigenvalue weighted by atomic mass is 10.1. The highest BCUT2D eigenvalue weighted by Crippen LogP contribution is 2.10. The number of allylic oxidation sites excluding steroid dienone is 1. The molecule has 1 N–H and O–H groups in total. The van der Waals surface area contributed by atoms with Crippen LogP contribution >= 0.6 is 0 Å². The van der Waals surface area contributed by atoms with E-state index >= 15 is 0 Å². The van der Waals surface area contributed by atoms with E-state index in [-0.39, 0.29) is 11.5 Å². The van der Waals surface area contributed by atoms with Crippen LogP contribution in [-0.4, -0.2) is 10.9 Å². The normalized spacial score (nSPS) is 11.2. The Morgan fingerprint density at radius 1 is 0.882 bits per heavy atom. The quantitative estimate of drug-likeness (QED) is 0.492. The van der Waals surface area contributed by atoms with Crippen LogP contribution in [0.4, 0.5) is 0 Å². The molecule has 17 heavy (non-hydrogen) atoms. The topological polar surface area (TPSA) is 37.3 Å². The fourth-order valence-corrected chi connectivity index (χ4v) is 1.51. The van der Waals surface area contributed by atoms with Crippen molar-refractivity contribution in [1.29, 1.82) is 0 Å². The largest absolute Gasteiger partial charge is 0.504 e. The molecule has 0 aliphatic heterocycles. The molecule has 0 aromatic heterocycles. The summed E-state index contributed by atoms with van der Waals surface area (Å²) in [6.07, 6.45) is 1.47. The molecule has 2 rings (SSSR count). The van der Waals surface area contributed by atoms with E-state index in [0.717, 1.165) is 5.56 Å². The van der Waals surface area contributed by atoms with Crippen molar-refractivity contribution in [3.05, 3.63) is 77.5 Å². The van der Waals surface area contributed by atoms with E-state index in [1.807, 2.05) is 36.4 Å². The Bertz CT molecular complexity index is 527. The molecule has 0 atom stereocenters. The predicted molar refractivity (Wildman–Crippen MR) is 67.8 cm³/mol. The van der Waals surface area contributed by atoms with Gasteiger partial charge in [-0.25, -0.2) is 0 Å². The van der Waals surface area contributed by atoms with Crippen LogP contribution < -0.4 is 0 Å². The highest BCUT2D eigenvalue weighted by atomic mass is 16.3. The molecule has 0 radical (unpaired) electrons. The summed E-state index contributed by atoms with van der Waals surface area (Å²) in [5.74, 6) is -0.614. The fraction of sp³-hybridized carbons (Fsp3) is 0. The summed E-state index contributed by atoms with van der Waals surface area (Å²) < 4.78 is 0. The number of carbonyl (C=O) groups is 1. The Labute approximate surface area is 99.8 Å². The van der Waals surface area contributed by atoms with Gasteiger partial charge in [-0.2, -0.15) is 0 Å². The van der Waals surface area contributed by atoms with Crippen molar-refractivity contribution in [2.45, 2.75) is 0 Å². The molecule has 0 saturated carbocycles. The SMILES string of the molecule is O=C(C(O)=Cc1ccccc1)c1ccccc1. The van der Waals surface area contributed by atoms with Gasteiger partial charge >= 0.3 is 0 Å². The Balaban J connectivity index is 2.24. The van der Waals surface area contributed by atoms with Crippen LogP contribution in [0.2, 0.25) is 0 Å². The van der Waals surface area contributed by atoms with E-state index in [1.54, 1.807) is 24.3 Å². The lowest BCUT2D eigenvalue weighted by Crippen LogP contribution is -2.02. The molecule has 0 saturated heterocycles. The first-order chi connectivity index (χ1) is 8.27. The average molecular weight is 224 g/mol. The number of ketones is 1. The first-order valence-corrected chi connectivity index (χ1v) is 5.33.